The average molecular weight is 355 g/mol. The molecule has 0 fully saturated rings. The van der Waals surface area contributed by atoms with Crippen LogP contribution in [0.1, 0.15) is 15.9 Å². The summed E-state index contributed by atoms with van der Waals surface area (Å²) in [7, 11) is 1.85. The van der Waals surface area contributed by atoms with Gasteiger partial charge < -0.3 is 10.0 Å². The van der Waals surface area contributed by atoms with Crippen molar-refractivity contribution in [2.24, 2.45) is 0 Å². The summed E-state index contributed by atoms with van der Waals surface area (Å²) in [5.74, 6) is -1.02. The van der Waals surface area contributed by atoms with Gasteiger partial charge in [-0.1, -0.05) is 45.7 Å². The van der Waals surface area contributed by atoms with Crippen molar-refractivity contribution in [1.29, 1.82) is 0 Å². The van der Waals surface area contributed by atoms with Gasteiger partial charge in [0.1, 0.15) is 5.56 Å². The summed E-state index contributed by atoms with van der Waals surface area (Å²) in [6.45, 7) is 0.597. The van der Waals surface area contributed by atoms with Gasteiger partial charge in [0.15, 0.2) is 0 Å². The zero-order chi connectivity index (χ0) is 14.7. The molecule has 0 radical (unpaired) electrons. The molecule has 104 valence electrons. The molecule has 0 unspecified atom stereocenters. The molecule has 5 heteroatoms. The molecule has 0 heterocycles. The average Bonchev–Trinajstić information content (AvgIpc) is 2.37. The van der Waals surface area contributed by atoms with Crippen molar-refractivity contribution in [3.8, 4) is 0 Å². The minimum atomic E-state index is -1.02. The SMILES string of the molecule is CN(Cc1cccc(Br)c1)c1cccc(Cl)c1C(=O)O. The molecule has 0 aromatic heterocycles. The Bertz CT molecular complexity index is 646. The van der Waals surface area contributed by atoms with Crippen molar-refractivity contribution in [2.75, 3.05) is 11.9 Å². The summed E-state index contributed by atoms with van der Waals surface area (Å²) in [4.78, 5) is 13.2. The van der Waals surface area contributed by atoms with Gasteiger partial charge in [0.05, 0.1) is 10.7 Å². The molecule has 0 aliphatic rings. The van der Waals surface area contributed by atoms with Crippen molar-refractivity contribution in [2.45, 2.75) is 6.54 Å². The molecule has 0 aliphatic carbocycles. The highest BCUT2D eigenvalue weighted by Gasteiger charge is 2.17. The lowest BCUT2D eigenvalue weighted by atomic mass is 10.1. The first-order valence-electron chi connectivity index (χ1n) is 5.96. The largest absolute Gasteiger partial charge is 0.478 e. The number of rotatable bonds is 4. The first-order chi connectivity index (χ1) is 9.49. The van der Waals surface area contributed by atoms with E-state index in [1.807, 2.05) is 36.2 Å². The van der Waals surface area contributed by atoms with Gasteiger partial charge in [-0.3, -0.25) is 0 Å². The Morgan fingerprint density at radius 3 is 2.65 bits per heavy atom. The molecule has 20 heavy (non-hydrogen) atoms. The first kappa shape index (κ1) is 14.9. The summed E-state index contributed by atoms with van der Waals surface area (Å²) in [5.41, 5.74) is 1.81. The predicted molar refractivity (Wildman–Crippen MR) is 84.7 cm³/mol. The quantitative estimate of drug-likeness (QED) is 0.882. The lowest BCUT2D eigenvalue weighted by Crippen LogP contribution is -2.19. The molecule has 2 rings (SSSR count). The fraction of sp³-hybridized carbons (Fsp3) is 0.133. The Morgan fingerprint density at radius 2 is 2.00 bits per heavy atom. The summed E-state index contributed by atoms with van der Waals surface area (Å²) in [5, 5.41) is 9.53. The Labute approximate surface area is 130 Å². The van der Waals surface area contributed by atoms with Crippen molar-refractivity contribution >= 4 is 39.2 Å². The molecular formula is C15H13BrClNO2. The number of benzene rings is 2. The fourth-order valence-corrected chi connectivity index (χ4v) is 2.73. The second-order valence-electron chi connectivity index (χ2n) is 4.43. The summed E-state index contributed by atoms with van der Waals surface area (Å²) in [6, 6.07) is 13.0. The van der Waals surface area contributed by atoms with Crippen LogP contribution in [0.5, 0.6) is 0 Å². The Morgan fingerprint density at radius 1 is 1.30 bits per heavy atom. The fourth-order valence-electron chi connectivity index (χ4n) is 2.04. The summed E-state index contributed by atoms with van der Waals surface area (Å²) >= 11 is 9.41. The lowest BCUT2D eigenvalue weighted by molar-refractivity contribution is 0.0697. The van der Waals surface area contributed by atoms with Crippen LogP contribution < -0.4 is 4.90 Å². The van der Waals surface area contributed by atoms with Gasteiger partial charge in [0.2, 0.25) is 0 Å². The van der Waals surface area contributed by atoms with Crippen molar-refractivity contribution in [1.82, 2.24) is 0 Å². The van der Waals surface area contributed by atoms with Gasteiger partial charge in [0, 0.05) is 18.1 Å². The third-order valence-electron chi connectivity index (χ3n) is 2.93. The third-order valence-corrected chi connectivity index (χ3v) is 3.73. The van der Waals surface area contributed by atoms with Crippen LogP contribution in [-0.2, 0) is 6.54 Å². The molecule has 0 aliphatic heterocycles. The van der Waals surface area contributed by atoms with Gasteiger partial charge in [-0.05, 0) is 29.8 Å². The number of carbonyl (C=O) groups is 1. The predicted octanol–water partition coefficient (Wildman–Crippen LogP) is 4.44. The monoisotopic (exact) mass is 353 g/mol. The third kappa shape index (κ3) is 3.32. The maximum absolute atomic E-state index is 11.3. The molecule has 0 atom stereocenters. The number of halogens is 2. The standard InChI is InChI=1S/C15H13BrClNO2/c1-18(9-10-4-2-5-11(16)8-10)13-7-3-6-12(17)14(13)15(19)20/h2-8H,9H2,1H3,(H,19,20). The zero-order valence-corrected chi connectivity index (χ0v) is 13.1. The highest BCUT2D eigenvalue weighted by Crippen LogP contribution is 2.28. The second kappa shape index (κ2) is 6.29. The highest BCUT2D eigenvalue weighted by molar-refractivity contribution is 9.10. The Balaban J connectivity index is 2.32. The summed E-state index contributed by atoms with van der Waals surface area (Å²) in [6.07, 6.45) is 0. The number of hydrogen-bond acceptors (Lipinski definition) is 2. The molecule has 0 bridgehead atoms. The van der Waals surface area contributed by atoms with Crippen LogP contribution in [-0.4, -0.2) is 18.1 Å². The van der Waals surface area contributed by atoms with E-state index in [0.29, 0.717) is 12.2 Å². The van der Waals surface area contributed by atoms with Crippen LogP contribution >= 0.6 is 27.5 Å². The molecule has 0 amide bonds. The van der Waals surface area contributed by atoms with E-state index in [9.17, 15) is 9.90 Å². The highest BCUT2D eigenvalue weighted by atomic mass is 79.9. The van der Waals surface area contributed by atoms with Gasteiger partial charge >= 0.3 is 5.97 Å². The van der Waals surface area contributed by atoms with E-state index >= 15 is 0 Å². The van der Waals surface area contributed by atoms with Gasteiger partial charge in [-0.2, -0.15) is 0 Å². The molecule has 3 nitrogen and oxygen atoms in total. The number of anilines is 1. The van der Waals surface area contributed by atoms with Crippen LogP contribution in [0.4, 0.5) is 5.69 Å². The minimum absolute atomic E-state index is 0.131. The van der Waals surface area contributed by atoms with Crippen molar-refractivity contribution < 1.29 is 9.90 Å². The normalized spacial score (nSPS) is 10.3. The number of hydrogen-bond donors (Lipinski definition) is 1. The number of aromatic carboxylic acids is 1. The molecule has 2 aromatic carbocycles. The molecular weight excluding hydrogens is 342 g/mol. The van der Waals surface area contributed by atoms with Crippen LogP contribution in [0.25, 0.3) is 0 Å². The van der Waals surface area contributed by atoms with E-state index in [-0.39, 0.29) is 10.6 Å². The van der Waals surface area contributed by atoms with Crippen LogP contribution in [0.15, 0.2) is 46.9 Å². The molecule has 0 saturated carbocycles. The van der Waals surface area contributed by atoms with Gasteiger partial charge in [-0.15, -0.1) is 0 Å². The van der Waals surface area contributed by atoms with E-state index in [0.717, 1.165) is 10.0 Å². The van der Waals surface area contributed by atoms with E-state index in [2.05, 4.69) is 15.9 Å². The van der Waals surface area contributed by atoms with Gasteiger partial charge in [-0.25, -0.2) is 4.79 Å². The lowest BCUT2D eigenvalue weighted by Gasteiger charge is -2.22. The Kier molecular flexibility index (Phi) is 4.68. The van der Waals surface area contributed by atoms with Crippen LogP contribution in [0.2, 0.25) is 5.02 Å². The number of carboxylic acids is 1. The maximum atomic E-state index is 11.3. The number of nitrogens with zero attached hydrogens (tertiary/aromatic N) is 1. The number of carboxylic acid groups (broad SMARTS) is 1. The smallest absolute Gasteiger partial charge is 0.339 e. The second-order valence-corrected chi connectivity index (χ2v) is 5.75. The van der Waals surface area contributed by atoms with Gasteiger partial charge in [0.25, 0.3) is 0 Å². The summed E-state index contributed by atoms with van der Waals surface area (Å²) < 4.78 is 0.993. The van der Waals surface area contributed by atoms with E-state index in [1.165, 1.54) is 0 Å². The van der Waals surface area contributed by atoms with E-state index in [1.54, 1.807) is 18.2 Å². The molecule has 0 spiro atoms. The van der Waals surface area contributed by atoms with Crippen LogP contribution in [0.3, 0.4) is 0 Å². The minimum Gasteiger partial charge on any atom is -0.478 e. The molecule has 2 aromatic rings. The topological polar surface area (TPSA) is 40.5 Å². The zero-order valence-electron chi connectivity index (χ0n) is 10.8. The van der Waals surface area contributed by atoms with E-state index in [4.69, 9.17) is 11.6 Å². The molecule has 0 saturated heterocycles. The van der Waals surface area contributed by atoms with Crippen LogP contribution in [0, 0.1) is 0 Å². The maximum Gasteiger partial charge on any atom is 0.339 e. The Hall–Kier alpha value is -1.52. The van der Waals surface area contributed by atoms with E-state index < -0.39 is 5.97 Å². The first-order valence-corrected chi connectivity index (χ1v) is 7.13. The molecule has 1 N–H and O–H groups in total. The van der Waals surface area contributed by atoms with Crippen molar-refractivity contribution in [3.05, 3.63) is 63.1 Å². The van der Waals surface area contributed by atoms with Crippen molar-refractivity contribution in [3.63, 3.8) is 0 Å².